The van der Waals surface area contributed by atoms with Gasteiger partial charge in [-0.05, 0) is 6.07 Å². The van der Waals surface area contributed by atoms with Crippen molar-refractivity contribution in [1.29, 1.82) is 0 Å². The van der Waals surface area contributed by atoms with Gasteiger partial charge in [-0.15, -0.1) is 0 Å². The van der Waals surface area contributed by atoms with Gasteiger partial charge >= 0.3 is 0 Å². The van der Waals surface area contributed by atoms with Crippen LogP contribution in [0.3, 0.4) is 0 Å². The Morgan fingerprint density at radius 3 is 3.00 bits per heavy atom. The molecule has 0 fully saturated rings. The van der Waals surface area contributed by atoms with Crippen molar-refractivity contribution in [3.05, 3.63) is 36.0 Å². The molecule has 0 radical (unpaired) electrons. The first kappa shape index (κ1) is 11.1. The highest BCUT2D eigenvalue weighted by Crippen LogP contribution is 2.14. The number of rotatable bonds is 3. The molecule has 6 nitrogen and oxygen atoms in total. The van der Waals surface area contributed by atoms with Crippen LogP contribution in [-0.4, -0.2) is 23.1 Å². The van der Waals surface area contributed by atoms with Crippen molar-refractivity contribution in [2.45, 2.75) is 0 Å². The number of halogens is 1. The summed E-state index contributed by atoms with van der Waals surface area (Å²) < 4.78 is 17.6. The molecule has 2 N–H and O–H groups in total. The molecule has 2 rings (SSSR count). The summed E-state index contributed by atoms with van der Waals surface area (Å²) >= 11 is 0. The Morgan fingerprint density at radius 2 is 2.35 bits per heavy atom. The first-order valence-corrected chi connectivity index (χ1v) is 4.75. The van der Waals surface area contributed by atoms with E-state index in [4.69, 9.17) is 0 Å². The molecule has 17 heavy (non-hydrogen) atoms. The molecule has 2 aromatic heterocycles. The number of nitrogens with one attached hydrogen (secondary N) is 2. The summed E-state index contributed by atoms with van der Waals surface area (Å²) in [6.07, 6.45) is 2.34. The van der Waals surface area contributed by atoms with Crippen LogP contribution in [0, 0.1) is 5.82 Å². The van der Waals surface area contributed by atoms with Gasteiger partial charge < -0.3 is 15.2 Å². The molecule has 1 amide bonds. The quantitative estimate of drug-likeness (QED) is 0.844. The highest BCUT2D eigenvalue weighted by atomic mass is 19.1. The van der Waals surface area contributed by atoms with Gasteiger partial charge in [-0.3, -0.25) is 4.79 Å². The molecule has 2 heterocycles. The first-order chi connectivity index (χ1) is 8.20. The van der Waals surface area contributed by atoms with Crippen molar-refractivity contribution in [1.82, 2.24) is 10.1 Å². The molecule has 0 spiro atoms. The molecule has 0 saturated heterocycles. The van der Waals surface area contributed by atoms with E-state index in [1.165, 1.54) is 12.3 Å². The molecule has 0 aliphatic rings. The largest absolute Gasteiger partial charge is 0.372 e. The minimum absolute atomic E-state index is 0.0931. The maximum atomic E-state index is 13.0. The van der Waals surface area contributed by atoms with Crippen LogP contribution in [-0.2, 0) is 0 Å². The number of carbonyl (C=O) groups excluding carboxylic acids is 1. The summed E-state index contributed by atoms with van der Waals surface area (Å²) in [6, 6.07) is 2.57. The van der Waals surface area contributed by atoms with Gasteiger partial charge in [-0.2, -0.15) is 0 Å². The van der Waals surface area contributed by atoms with Gasteiger partial charge in [0.15, 0.2) is 5.82 Å². The van der Waals surface area contributed by atoms with Crippen molar-refractivity contribution in [3.8, 4) is 0 Å². The molecule has 0 unspecified atom stereocenters. The number of carbonyl (C=O) groups is 1. The molecule has 0 saturated carbocycles. The number of nitrogens with zero attached hydrogens (tertiary/aromatic N) is 2. The third kappa shape index (κ3) is 2.39. The predicted molar refractivity (Wildman–Crippen MR) is 58.2 cm³/mol. The number of aromatic nitrogens is 2. The van der Waals surface area contributed by atoms with E-state index in [9.17, 15) is 9.18 Å². The Hall–Kier alpha value is -2.44. The smallest absolute Gasteiger partial charge is 0.260 e. The van der Waals surface area contributed by atoms with Crippen LogP contribution in [0.4, 0.5) is 16.0 Å². The molecular formula is C10H9FN4O2. The number of pyridine rings is 1. The van der Waals surface area contributed by atoms with Gasteiger partial charge in [0.25, 0.3) is 5.91 Å². The Kier molecular flexibility index (Phi) is 2.99. The van der Waals surface area contributed by atoms with Crippen molar-refractivity contribution in [2.75, 3.05) is 17.7 Å². The average molecular weight is 236 g/mol. The standard InChI is InChI=1S/C10H9FN4O2/c1-12-9-7(4-6(11)5-13-9)10(16)14-8-2-3-17-15-8/h2-5H,1H3,(H,12,13)(H,14,15,16). The molecule has 7 heteroatoms. The summed E-state index contributed by atoms with van der Waals surface area (Å²) in [5, 5.41) is 8.67. The molecule has 0 atom stereocenters. The summed E-state index contributed by atoms with van der Waals surface area (Å²) in [5.41, 5.74) is 0.0931. The molecule has 2 aromatic rings. The Bertz CT molecular complexity index is 527. The first-order valence-electron chi connectivity index (χ1n) is 4.75. The second-order valence-corrected chi connectivity index (χ2v) is 3.14. The van der Waals surface area contributed by atoms with Crippen molar-refractivity contribution in [3.63, 3.8) is 0 Å². The predicted octanol–water partition coefficient (Wildman–Crippen LogP) is 1.50. The highest BCUT2D eigenvalue weighted by molar-refractivity contribution is 6.06. The summed E-state index contributed by atoms with van der Waals surface area (Å²) in [4.78, 5) is 15.6. The van der Waals surface area contributed by atoms with E-state index in [0.29, 0.717) is 0 Å². The molecule has 0 aliphatic heterocycles. The second-order valence-electron chi connectivity index (χ2n) is 3.14. The summed E-state index contributed by atoms with van der Waals surface area (Å²) in [6.45, 7) is 0. The summed E-state index contributed by atoms with van der Waals surface area (Å²) in [5.74, 6) is -0.571. The number of hydrogen-bond donors (Lipinski definition) is 2. The van der Waals surface area contributed by atoms with E-state index in [1.54, 1.807) is 7.05 Å². The van der Waals surface area contributed by atoms with Gasteiger partial charge in [-0.25, -0.2) is 9.37 Å². The van der Waals surface area contributed by atoms with Crippen LogP contribution in [0.15, 0.2) is 29.1 Å². The Morgan fingerprint density at radius 1 is 1.53 bits per heavy atom. The monoisotopic (exact) mass is 236 g/mol. The van der Waals surface area contributed by atoms with Gasteiger partial charge in [0, 0.05) is 13.1 Å². The zero-order chi connectivity index (χ0) is 12.3. The minimum atomic E-state index is -0.589. The zero-order valence-corrected chi connectivity index (χ0v) is 8.90. The third-order valence-corrected chi connectivity index (χ3v) is 2.02. The lowest BCUT2D eigenvalue weighted by Crippen LogP contribution is -2.15. The maximum absolute atomic E-state index is 13.0. The van der Waals surface area contributed by atoms with Gasteiger partial charge in [0.05, 0.1) is 11.8 Å². The SMILES string of the molecule is CNc1ncc(F)cc1C(=O)Nc1ccon1. The molecule has 0 aliphatic carbocycles. The van der Waals surface area contributed by atoms with Crippen LogP contribution in [0.2, 0.25) is 0 Å². The van der Waals surface area contributed by atoms with E-state index in [2.05, 4.69) is 25.3 Å². The molecule has 0 bridgehead atoms. The number of hydrogen-bond acceptors (Lipinski definition) is 5. The Balaban J connectivity index is 2.26. The van der Waals surface area contributed by atoms with E-state index < -0.39 is 11.7 Å². The lowest BCUT2D eigenvalue weighted by molar-refractivity contribution is 0.102. The van der Waals surface area contributed by atoms with Crippen molar-refractivity contribution < 1.29 is 13.7 Å². The second kappa shape index (κ2) is 4.60. The van der Waals surface area contributed by atoms with Crippen LogP contribution in [0.25, 0.3) is 0 Å². The lowest BCUT2D eigenvalue weighted by atomic mass is 10.2. The van der Waals surface area contributed by atoms with Crippen molar-refractivity contribution in [2.24, 2.45) is 0 Å². The maximum Gasteiger partial charge on any atom is 0.260 e. The fourth-order valence-electron chi connectivity index (χ4n) is 1.27. The Labute approximate surface area is 95.8 Å². The fourth-order valence-corrected chi connectivity index (χ4v) is 1.27. The van der Waals surface area contributed by atoms with Crippen molar-refractivity contribution >= 4 is 17.5 Å². The summed E-state index contributed by atoms with van der Waals surface area (Å²) in [7, 11) is 1.59. The van der Waals surface area contributed by atoms with E-state index in [-0.39, 0.29) is 17.2 Å². The van der Waals surface area contributed by atoms with E-state index in [0.717, 1.165) is 12.3 Å². The fraction of sp³-hybridized carbons (Fsp3) is 0.100. The molecule has 0 aromatic carbocycles. The van der Waals surface area contributed by atoms with Crippen LogP contribution in [0.5, 0.6) is 0 Å². The van der Waals surface area contributed by atoms with Gasteiger partial charge in [0.1, 0.15) is 17.9 Å². The topological polar surface area (TPSA) is 80.0 Å². The van der Waals surface area contributed by atoms with Gasteiger partial charge in [0.2, 0.25) is 0 Å². The molecule has 88 valence electrons. The van der Waals surface area contributed by atoms with Crippen LogP contribution >= 0.6 is 0 Å². The van der Waals surface area contributed by atoms with Gasteiger partial charge in [-0.1, -0.05) is 5.16 Å². The molecular weight excluding hydrogens is 227 g/mol. The van der Waals surface area contributed by atoms with Crippen LogP contribution < -0.4 is 10.6 Å². The van der Waals surface area contributed by atoms with E-state index in [1.807, 2.05) is 0 Å². The van der Waals surface area contributed by atoms with Crippen LogP contribution in [0.1, 0.15) is 10.4 Å². The third-order valence-electron chi connectivity index (χ3n) is 2.02. The lowest BCUT2D eigenvalue weighted by Gasteiger charge is -2.06. The number of amides is 1. The highest BCUT2D eigenvalue weighted by Gasteiger charge is 2.14. The average Bonchev–Trinajstić information content (AvgIpc) is 2.81. The minimum Gasteiger partial charge on any atom is -0.372 e. The normalized spacial score (nSPS) is 10.0. The number of anilines is 2. The zero-order valence-electron chi connectivity index (χ0n) is 8.90. The van der Waals surface area contributed by atoms with E-state index >= 15 is 0 Å².